The number of hydrogen-bond donors (Lipinski definition) is 1. The van der Waals surface area contributed by atoms with Crippen molar-refractivity contribution >= 4 is 11.7 Å². The first-order valence-electron chi connectivity index (χ1n) is 5.77. The number of carbonyl (C=O) groups is 1. The number of halogens is 4. The lowest BCUT2D eigenvalue weighted by molar-refractivity contribution is -0.150. The molecule has 1 rings (SSSR count). The Labute approximate surface area is 113 Å². The van der Waals surface area contributed by atoms with Gasteiger partial charge in [0.1, 0.15) is 5.82 Å². The van der Waals surface area contributed by atoms with Crippen molar-refractivity contribution in [3.8, 4) is 0 Å². The van der Waals surface area contributed by atoms with Crippen LogP contribution in [-0.4, -0.2) is 19.6 Å². The topological polar surface area (TPSA) is 38.3 Å². The second-order valence-electron chi connectivity index (χ2n) is 4.92. The first kappa shape index (κ1) is 16.3. The Morgan fingerprint density at radius 3 is 2.40 bits per heavy atom. The van der Waals surface area contributed by atoms with Crippen molar-refractivity contribution in [2.45, 2.75) is 20.0 Å². The number of benzene rings is 1. The Kier molecular flexibility index (Phi) is 4.62. The van der Waals surface area contributed by atoms with Crippen molar-refractivity contribution in [3.63, 3.8) is 0 Å². The molecule has 0 aliphatic carbocycles. The van der Waals surface area contributed by atoms with E-state index in [1.54, 1.807) is 13.8 Å². The molecule has 0 aliphatic rings. The van der Waals surface area contributed by atoms with Crippen molar-refractivity contribution in [1.82, 2.24) is 0 Å². The summed E-state index contributed by atoms with van der Waals surface area (Å²) in [6.45, 7) is 3.22. The van der Waals surface area contributed by atoms with E-state index in [4.69, 9.17) is 0 Å². The summed E-state index contributed by atoms with van der Waals surface area (Å²) < 4.78 is 55.3. The number of methoxy groups -OCH3 is 1. The number of anilines is 1. The summed E-state index contributed by atoms with van der Waals surface area (Å²) in [5.41, 5.74) is -2.18. The van der Waals surface area contributed by atoms with E-state index < -0.39 is 28.9 Å². The minimum Gasteiger partial charge on any atom is -0.469 e. The number of rotatable bonds is 4. The van der Waals surface area contributed by atoms with Crippen molar-refractivity contribution in [1.29, 1.82) is 0 Å². The number of hydrogen-bond acceptors (Lipinski definition) is 3. The van der Waals surface area contributed by atoms with Gasteiger partial charge in [-0.1, -0.05) is 0 Å². The van der Waals surface area contributed by atoms with Crippen molar-refractivity contribution in [3.05, 3.63) is 29.6 Å². The molecule has 20 heavy (non-hydrogen) atoms. The third-order valence-corrected chi connectivity index (χ3v) is 2.74. The molecule has 0 aliphatic heterocycles. The fourth-order valence-electron chi connectivity index (χ4n) is 1.52. The van der Waals surface area contributed by atoms with Gasteiger partial charge >= 0.3 is 12.1 Å². The average Bonchev–Trinajstić information content (AvgIpc) is 2.35. The van der Waals surface area contributed by atoms with E-state index in [0.29, 0.717) is 6.07 Å². The van der Waals surface area contributed by atoms with Gasteiger partial charge in [0.2, 0.25) is 0 Å². The van der Waals surface area contributed by atoms with E-state index in [1.807, 2.05) is 0 Å². The zero-order chi connectivity index (χ0) is 15.6. The van der Waals surface area contributed by atoms with Crippen LogP contribution < -0.4 is 5.32 Å². The molecule has 0 saturated heterocycles. The number of carbonyl (C=O) groups excluding carboxylic acids is 1. The molecule has 0 fully saturated rings. The smallest absolute Gasteiger partial charge is 0.419 e. The van der Waals surface area contributed by atoms with E-state index in [0.717, 1.165) is 6.07 Å². The highest BCUT2D eigenvalue weighted by Gasteiger charge is 2.34. The van der Waals surface area contributed by atoms with Gasteiger partial charge in [0.15, 0.2) is 0 Å². The molecule has 0 bridgehead atoms. The molecular weight excluding hydrogens is 278 g/mol. The van der Waals surface area contributed by atoms with Crippen LogP contribution in [0.4, 0.5) is 23.2 Å². The molecule has 112 valence electrons. The predicted molar refractivity (Wildman–Crippen MR) is 65.7 cm³/mol. The van der Waals surface area contributed by atoms with Gasteiger partial charge in [-0.15, -0.1) is 0 Å². The van der Waals surface area contributed by atoms with E-state index in [2.05, 4.69) is 10.1 Å². The third-order valence-electron chi connectivity index (χ3n) is 2.74. The Hall–Kier alpha value is -1.79. The highest BCUT2D eigenvalue weighted by Crippen LogP contribution is 2.33. The summed E-state index contributed by atoms with van der Waals surface area (Å²) >= 11 is 0. The maximum atomic E-state index is 13.1. The van der Waals surface area contributed by atoms with Gasteiger partial charge in [0.25, 0.3) is 0 Å². The SMILES string of the molecule is COC(=O)C(C)(C)CNc1ccc(F)c(C(F)(F)F)c1. The molecule has 0 unspecified atom stereocenters. The van der Waals surface area contributed by atoms with Crippen LogP contribution in [0.2, 0.25) is 0 Å². The Bertz CT molecular complexity index is 498. The van der Waals surface area contributed by atoms with Crippen molar-refractivity contribution < 1.29 is 27.1 Å². The monoisotopic (exact) mass is 293 g/mol. The summed E-state index contributed by atoms with van der Waals surface area (Å²) in [5.74, 6) is -1.83. The predicted octanol–water partition coefficient (Wildman–Crippen LogP) is 3.46. The maximum Gasteiger partial charge on any atom is 0.419 e. The summed E-state index contributed by atoms with van der Waals surface area (Å²) in [4.78, 5) is 11.4. The molecule has 0 radical (unpaired) electrons. The quantitative estimate of drug-likeness (QED) is 0.682. The van der Waals surface area contributed by atoms with Crippen LogP contribution in [0.15, 0.2) is 18.2 Å². The molecule has 0 heterocycles. The van der Waals surface area contributed by atoms with Crippen molar-refractivity contribution in [2.75, 3.05) is 19.0 Å². The van der Waals surface area contributed by atoms with Gasteiger partial charge < -0.3 is 10.1 Å². The van der Waals surface area contributed by atoms with E-state index in [1.165, 1.54) is 13.2 Å². The van der Waals surface area contributed by atoms with Gasteiger partial charge in [-0.2, -0.15) is 13.2 Å². The third kappa shape index (κ3) is 3.85. The molecule has 0 atom stereocenters. The highest BCUT2D eigenvalue weighted by molar-refractivity contribution is 5.76. The lowest BCUT2D eigenvalue weighted by Crippen LogP contribution is -2.33. The van der Waals surface area contributed by atoms with E-state index in [9.17, 15) is 22.4 Å². The lowest BCUT2D eigenvalue weighted by atomic mass is 9.93. The van der Waals surface area contributed by atoms with E-state index >= 15 is 0 Å². The molecule has 0 spiro atoms. The summed E-state index contributed by atoms with van der Waals surface area (Å²) in [7, 11) is 1.23. The number of alkyl halides is 3. The van der Waals surface area contributed by atoms with Crippen LogP contribution in [0, 0.1) is 11.2 Å². The van der Waals surface area contributed by atoms with Gasteiger partial charge in [0.05, 0.1) is 18.1 Å². The molecule has 3 nitrogen and oxygen atoms in total. The van der Waals surface area contributed by atoms with Gasteiger partial charge in [-0.05, 0) is 32.0 Å². The fourth-order valence-corrected chi connectivity index (χ4v) is 1.52. The largest absolute Gasteiger partial charge is 0.469 e. The van der Waals surface area contributed by atoms with Crippen LogP contribution in [0.1, 0.15) is 19.4 Å². The van der Waals surface area contributed by atoms with Crippen LogP contribution in [0.5, 0.6) is 0 Å². The molecule has 0 aromatic heterocycles. The Balaban J connectivity index is 2.88. The normalized spacial score (nSPS) is 12.2. The number of nitrogens with one attached hydrogen (secondary N) is 1. The summed E-state index contributed by atoms with van der Waals surface area (Å²) in [6.07, 6.45) is -4.76. The summed E-state index contributed by atoms with van der Waals surface area (Å²) in [6, 6.07) is 2.58. The van der Waals surface area contributed by atoms with Crippen LogP contribution >= 0.6 is 0 Å². The first-order chi connectivity index (χ1) is 9.08. The zero-order valence-corrected chi connectivity index (χ0v) is 11.3. The maximum absolute atomic E-state index is 13.1. The van der Waals surface area contributed by atoms with Gasteiger partial charge in [0, 0.05) is 12.2 Å². The second kappa shape index (κ2) is 5.68. The number of ether oxygens (including phenoxy) is 1. The Morgan fingerprint density at radius 1 is 1.30 bits per heavy atom. The minimum atomic E-state index is -4.76. The van der Waals surface area contributed by atoms with Gasteiger partial charge in [-0.25, -0.2) is 4.39 Å². The average molecular weight is 293 g/mol. The summed E-state index contributed by atoms with van der Waals surface area (Å²) in [5, 5.41) is 2.67. The first-order valence-corrected chi connectivity index (χ1v) is 5.77. The molecule has 1 N–H and O–H groups in total. The second-order valence-corrected chi connectivity index (χ2v) is 4.92. The van der Waals surface area contributed by atoms with Crippen LogP contribution in [0.25, 0.3) is 0 Å². The standard InChI is InChI=1S/C13H15F4NO2/c1-12(2,11(19)20-3)7-18-8-4-5-10(14)9(6-8)13(15,16)17/h4-6,18H,7H2,1-3H3. The van der Waals surface area contributed by atoms with Crippen LogP contribution in [-0.2, 0) is 15.7 Å². The number of esters is 1. The van der Waals surface area contributed by atoms with Gasteiger partial charge in [-0.3, -0.25) is 4.79 Å². The Morgan fingerprint density at radius 2 is 1.90 bits per heavy atom. The van der Waals surface area contributed by atoms with Crippen molar-refractivity contribution in [2.24, 2.45) is 5.41 Å². The van der Waals surface area contributed by atoms with Crippen LogP contribution in [0.3, 0.4) is 0 Å². The molecular formula is C13H15F4NO2. The fraction of sp³-hybridized carbons (Fsp3) is 0.462. The molecule has 0 saturated carbocycles. The molecule has 7 heteroatoms. The molecule has 0 amide bonds. The minimum absolute atomic E-state index is 0.0581. The lowest BCUT2D eigenvalue weighted by Gasteiger charge is -2.22. The molecule has 1 aromatic carbocycles. The highest BCUT2D eigenvalue weighted by atomic mass is 19.4. The molecule has 1 aromatic rings. The zero-order valence-electron chi connectivity index (χ0n) is 11.3. The van der Waals surface area contributed by atoms with E-state index in [-0.39, 0.29) is 12.2 Å².